The highest BCUT2D eigenvalue weighted by molar-refractivity contribution is 7.13. The molecule has 0 aliphatic heterocycles. The van der Waals surface area contributed by atoms with Gasteiger partial charge >= 0.3 is 0 Å². The van der Waals surface area contributed by atoms with Crippen molar-refractivity contribution in [1.29, 1.82) is 0 Å². The number of nitrogens with zero attached hydrogens (tertiary/aromatic N) is 1. The number of hydrogen-bond donors (Lipinski definition) is 1. The maximum absolute atomic E-state index is 11.7. The fourth-order valence-corrected chi connectivity index (χ4v) is 1.15. The fraction of sp³-hybridized carbons (Fsp3) is 0.400. The molecule has 0 radical (unpaired) electrons. The van der Waals surface area contributed by atoms with Crippen molar-refractivity contribution in [1.82, 2.24) is 4.98 Å². The van der Waals surface area contributed by atoms with E-state index in [1.807, 2.05) is 0 Å². The summed E-state index contributed by atoms with van der Waals surface area (Å²) in [4.78, 5) is 3.67. The molecule has 0 aliphatic rings. The van der Waals surface area contributed by atoms with Crippen molar-refractivity contribution in [2.45, 2.75) is 12.8 Å². The molecule has 0 bridgehead atoms. The summed E-state index contributed by atoms with van der Waals surface area (Å²) in [5.74, 6) is 0. The van der Waals surface area contributed by atoms with Crippen molar-refractivity contribution in [2.24, 2.45) is 0 Å². The molecule has 1 rings (SSSR count). The smallest absolute Gasteiger partial charge is 0.244 e. The van der Waals surface area contributed by atoms with E-state index < -0.39 is 6.43 Å². The maximum atomic E-state index is 11.7. The second-order valence-electron chi connectivity index (χ2n) is 1.77. The summed E-state index contributed by atoms with van der Waals surface area (Å²) < 4.78 is 23.3. The number of thiazole rings is 1. The minimum Gasteiger partial charge on any atom is -0.375 e. The lowest BCUT2D eigenvalue weighted by Gasteiger charge is -1.91. The quantitative estimate of drug-likeness (QED) is 0.720. The van der Waals surface area contributed by atoms with Crippen LogP contribution in [0.5, 0.6) is 0 Å². The predicted molar refractivity (Wildman–Crippen MR) is 36.2 cm³/mol. The molecule has 0 saturated carbocycles. The van der Waals surface area contributed by atoms with Gasteiger partial charge in [0, 0.05) is 5.38 Å². The van der Waals surface area contributed by atoms with Crippen LogP contribution in [0.15, 0.2) is 5.38 Å². The number of aromatic nitrogens is 1. The first kappa shape index (κ1) is 7.40. The zero-order valence-corrected chi connectivity index (χ0v) is 5.87. The molecule has 1 aromatic rings. The molecule has 0 spiro atoms. The Morgan fingerprint density at radius 3 is 2.80 bits per heavy atom. The van der Waals surface area contributed by atoms with Gasteiger partial charge in [0.2, 0.25) is 6.43 Å². The van der Waals surface area contributed by atoms with Crippen molar-refractivity contribution < 1.29 is 8.78 Å². The summed E-state index contributed by atoms with van der Waals surface area (Å²) in [7, 11) is 0. The number of alkyl halides is 2. The molecule has 0 aliphatic carbocycles. The highest BCUT2D eigenvalue weighted by atomic mass is 32.1. The summed E-state index contributed by atoms with van der Waals surface area (Å²) in [5, 5.41) is 1.89. The van der Waals surface area contributed by atoms with Gasteiger partial charge in [0.25, 0.3) is 0 Å². The van der Waals surface area contributed by atoms with Gasteiger partial charge in [0.05, 0.1) is 12.1 Å². The van der Waals surface area contributed by atoms with Crippen molar-refractivity contribution in [3.8, 4) is 0 Å². The normalized spacial score (nSPS) is 10.7. The third-order valence-corrected chi connectivity index (χ3v) is 1.66. The van der Waals surface area contributed by atoms with E-state index in [-0.39, 0.29) is 6.42 Å². The number of halogens is 2. The molecule has 56 valence electrons. The van der Waals surface area contributed by atoms with Crippen molar-refractivity contribution in [2.75, 3.05) is 5.73 Å². The lowest BCUT2D eigenvalue weighted by Crippen LogP contribution is -1.96. The first-order valence-corrected chi connectivity index (χ1v) is 3.54. The molecule has 0 atom stereocenters. The van der Waals surface area contributed by atoms with E-state index in [0.29, 0.717) is 10.8 Å². The highest BCUT2D eigenvalue weighted by Gasteiger charge is 2.06. The highest BCUT2D eigenvalue weighted by Crippen LogP contribution is 2.13. The van der Waals surface area contributed by atoms with Crippen LogP contribution in [-0.4, -0.2) is 11.4 Å². The molecule has 5 heteroatoms. The second kappa shape index (κ2) is 2.92. The summed E-state index contributed by atoms with van der Waals surface area (Å²) >= 11 is 1.18. The van der Waals surface area contributed by atoms with E-state index in [0.717, 1.165) is 0 Å². The van der Waals surface area contributed by atoms with Crippen LogP contribution < -0.4 is 5.73 Å². The van der Waals surface area contributed by atoms with Crippen LogP contribution in [0.25, 0.3) is 0 Å². The zero-order chi connectivity index (χ0) is 7.56. The molecule has 2 N–H and O–H groups in total. The summed E-state index contributed by atoms with van der Waals surface area (Å²) in [6.07, 6.45) is -2.63. The van der Waals surface area contributed by atoms with Gasteiger partial charge in [0.1, 0.15) is 0 Å². The van der Waals surface area contributed by atoms with Gasteiger partial charge < -0.3 is 5.73 Å². The van der Waals surface area contributed by atoms with E-state index in [9.17, 15) is 8.78 Å². The Balaban J connectivity index is 2.58. The number of hydrogen-bond acceptors (Lipinski definition) is 3. The van der Waals surface area contributed by atoms with Crippen LogP contribution in [0.3, 0.4) is 0 Å². The van der Waals surface area contributed by atoms with Crippen molar-refractivity contribution in [3.63, 3.8) is 0 Å². The minimum absolute atomic E-state index is 0.298. The predicted octanol–water partition coefficient (Wildman–Crippen LogP) is 1.53. The molecule has 1 aromatic heterocycles. The number of anilines is 1. The third kappa shape index (κ3) is 1.91. The molecule has 0 aromatic carbocycles. The Kier molecular flexibility index (Phi) is 2.16. The van der Waals surface area contributed by atoms with Crippen molar-refractivity contribution >= 4 is 16.5 Å². The Labute approximate surface area is 60.7 Å². The zero-order valence-electron chi connectivity index (χ0n) is 5.05. The molecule has 1 heterocycles. The van der Waals surface area contributed by atoms with Gasteiger partial charge in [-0.15, -0.1) is 11.3 Å². The Morgan fingerprint density at radius 1 is 1.70 bits per heavy atom. The fourth-order valence-electron chi connectivity index (χ4n) is 0.574. The molecule has 0 saturated heterocycles. The lowest BCUT2D eigenvalue weighted by molar-refractivity contribution is 0.148. The average Bonchev–Trinajstić information content (AvgIpc) is 2.13. The number of nitrogen functional groups attached to an aromatic ring is 1. The Morgan fingerprint density at radius 2 is 2.40 bits per heavy atom. The van der Waals surface area contributed by atoms with E-state index in [4.69, 9.17) is 5.73 Å². The van der Waals surface area contributed by atoms with Crippen molar-refractivity contribution in [3.05, 3.63) is 11.1 Å². The summed E-state index contributed by atoms with van der Waals surface area (Å²) in [6, 6.07) is 0. The largest absolute Gasteiger partial charge is 0.375 e. The molecule has 10 heavy (non-hydrogen) atoms. The van der Waals surface area contributed by atoms with Crippen LogP contribution in [0, 0.1) is 0 Å². The maximum Gasteiger partial charge on any atom is 0.244 e. The number of nitrogens with two attached hydrogens (primary N) is 1. The topological polar surface area (TPSA) is 38.9 Å². The molecule has 0 unspecified atom stereocenters. The number of rotatable bonds is 2. The van der Waals surface area contributed by atoms with Crippen LogP contribution >= 0.6 is 11.3 Å². The summed E-state index contributed by atoms with van der Waals surface area (Å²) in [5.41, 5.74) is 5.59. The molecule has 0 fully saturated rings. The SMILES string of the molecule is Nc1nc(CC(F)F)cs1. The van der Waals surface area contributed by atoms with E-state index in [1.54, 1.807) is 5.38 Å². The second-order valence-corrected chi connectivity index (χ2v) is 2.66. The molecule has 2 nitrogen and oxygen atoms in total. The monoisotopic (exact) mass is 164 g/mol. The standard InChI is InChI=1S/C5H6F2N2S/c6-4(7)1-3-2-10-5(8)9-3/h2,4H,1H2,(H2,8,9). The Hall–Kier alpha value is -0.710. The van der Waals surface area contributed by atoms with Gasteiger partial charge in [-0.3, -0.25) is 0 Å². The molecular weight excluding hydrogens is 158 g/mol. The minimum atomic E-state index is -2.33. The first-order chi connectivity index (χ1) is 4.68. The lowest BCUT2D eigenvalue weighted by atomic mass is 10.4. The van der Waals surface area contributed by atoms with Gasteiger partial charge in [-0.1, -0.05) is 0 Å². The van der Waals surface area contributed by atoms with Gasteiger partial charge in [-0.2, -0.15) is 0 Å². The van der Waals surface area contributed by atoms with Gasteiger partial charge in [0.15, 0.2) is 5.13 Å². The van der Waals surface area contributed by atoms with E-state index >= 15 is 0 Å². The average molecular weight is 164 g/mol. The van der Waals surface area contributed by atoms with Crippen LogP contribution in [0.1, 0.15) is 5.69 Å². The molecule has 0 amide bonds. The van der Waals surface area contributed by atoms with E-state index in [2.05, 4.69) is 4.98 Å². The Bertz CT molecular complexity index is 211. The van der Waals surface area contributed by atoms with Gasteiger partial charge in [-0.05, 0) is 0 Å². The van der Waals surface area contributed by atoms with Crippen LogP contribution in [0.2, 0.25) is 0 Å². The van der Waals surface area contributed by atoms with Gasteiger partial charge in [-0.25, -0.2) is 13.8 Å². The van der Waals surface area contributed by atoms with Crippen LogP contribution in [0.4, 0.5) is 13.9 Å². The van der Waals surface area contributed by atoms with E-state index in [1.165, 1.54) is 11.3 Å². The van der Waals surface area contributed by atoms with Crippen LogP contribution in [-0.2, 0) is 6.42 Å². The molecular formula is C5H6F2N2S. The first-order valence-electron chi connectivity index (χ1n) is 2.66. The third-order valence-electron chi connectivity index (χ3n) is 0.933. The summed E-state index contributed by atoms with van der Waals surface area (Å²) in [6.45, 7) is 0.